The lowest BCUT2D eigenvalue weighted by Crippen LogP contribution is -2.07. The van der Waals surface area contributed by atoms with Gasteiger partial charge in [0.2, 0.25) is 0 Å². The van der Waals surface area contributed by atoms with Crippen LogP contribution in [-0.2, 0) is 0 Å². The normalized spacial score (nSPS) is 16.4. The van der Waals surface area contributed by atoms with E-state index in [1.807, 2.05) is 30.5 Å². The molecule has 1 aromatic carbocycles. The molecular weight excluding hydrogens is 387 g/mol. The SMILES string of the molecule is Cc1cc(C(=O)CSc2nnc(C3CC3)n2C2CC2)c(C)n1-c1cccc(F)c1. The Kier molecular flexibility index (Phi) is 4.57. The first-order valence-corrected chi connectivity index (χ1v) is 11.1. The van der Waals surface area contributed by atoms with E-state index in [-0.39, 0.29) is 11.6 Å². The van der Waals surface area contributed by atoms with Crippen molar-refractivity contribution in [2.75, 3.05) is 5.75 Å². The highest BCUT2D eigenvalue weighted by atomic mass is 32.2. The van der Waals surface area contributed by atoms with Gasteiger partial charge in [0, 0.05) is 34.6 Å². The van der Waals surface area contributed by atoms with E-state index in [4.69, 9.17) is 0 Å². The van der Waals surface area contributed by atoms with Gasteiger partial charge in [0.25, 0.3) is 0 Å². The summed E-state index contributed by atoms with van der Waals surface area (Å²) in [6, 6.07) is 8.85. The second-order valence-electron chi connectivity index (χ2n) is 8.03. The van der Waals surface area contributed by atoms with E-state index < -0.39 is 0 Å². The largest absolute Gasteiger partial charge is 0.318 e. The Balaban J connectivity index is 1.36. The highest BCUT2D eigenvalue weighted by Gasteiger charge is 2.36. The second-order valence-corrected chi connectivity index (χ2v) is 8.97. The van der Waals surface area contributed by atoms with E-state index in [0.717, 1.165) is 28.1 Å². The third-order valence-electron chi connectivity index (χ3n) is 5.68. The molecule has 0 atom stereocenters. The molecule has 0 saturated heterocycles. The van der Waals surface area contributed by atoms with Gasteiger partial charge < -0.3 is 9.13 Å². The van der Waals surface area contributed by atoms with Crippen molar-refractivity contribution in [2.45, 2.75) is 56.6 Å². The van der Waals surface area contributed by atoms with Crippen molar-refractivity contribution in [1.82, 2.24) is 19.3 Å². The first-order chi connectivity index (χ1) is 14.0. The minimum absolute atomic E-state index is 0.0593. The van der Waals surface area contributed by atoms with Crippen molar-refractivity contribution in [3.63, 3.8) is 0 Å². The molecule has 2 fully saturated rings. The number of aromatic nitrogens is 4. The number of Topliss-reactive ketones (excluding diaryl/α,β-unsaturated/α-hetero) is 1. The Hall–Kier alpha value is -2.41. The molecule has 0 spiro atoms. The molecule has 7 heteroatoms. The van der Waals surface area contributed by atoms with Gasteiger partial charge in [-0.2, -0.15) is 0 Å². The number of carbonyl (C=O) groups is 1. The monoisotopic (exact) mass is 410 g/mol. The molecule has 2 aliphatic carbocycles. The minimum Gasteiger partial charge on any atom is -0.318 e. The quantitative estimate of drug-likeness (QED) is 0.406. The summed E-state index contributed by atoms with van der Waals surface area (Å²) < 4.78 is 17.9. The molecule has 29 heavy (non-hydrogen) atoms. The van der Waals surface area contributed by atoms with E-state index in [9.17, 15) is 9.18 Å². The zero-order chi connectivity index (χ0) is 20.1. The number of rotatable bonds is 7. The van der Waals surface area contributed by atoms with Crippen LogP contribution in [0.3, 0.4) is 0 Å². The molecule has 2 aliphatic rings. The number of halogens is 1. The fraction of sp³-hybridized carbons (Fsp3) is 0.409. The van der Waals surface area contributed by atoms with Crippen LogP contribution >= 0.6 is 11.8 Å². The number of thioether (sulfide) groups is 1. The van der Waals surface area contributed by atoms with Crippen molar-refractivity contribution in [1.29, 1.82) is 0 Å². The highest BCUT2D eigenvalue weighted by molar-refractivity contribution is 7.99. The molecular formula is C22H23FN4OS. The standard InChI is InChI=1S/C22H23FN4OS/c1-13-10-19(14(2)26(13)18-5-3-4-16(23)11-18)20(28)12-29-22-25-24-21(15-6-7-15)27(22)17-8-9-17/h3-5,10-11,15,17H,6-9,12H2,1-2H3. The van der Waals surface area contributed by atoms with Crippen LogP contribution in [-0.4, -0.2) is 30.9 Å². The number of nitrogens with zero attached hydrogens (tertiary/aromatic N) is 4. The maximum Gasteiger partial charge on any atom is 0.191 e. The number of carbonyl (C=O) groups excluding carboxylic acids is 1. The first-order valence-electron chi connectivity index (χ1n) is 10.1. The fourth-order valence-corrected chi connectivity index (χ4v) is 4.84. The van der Waals surface area contributed by atoms with Gasteiger partial charge in [-0.05, 0) is 63.8 Å². The highest BCUT2D eigenvalue weighted by Crippen LogP contribution is 2.46. The summed E-state index contributed by atoms with van der Waals surface area (Å²) in [7, 11) is 0. The molecule has 2 heterocycles. The summed E-state index contributed by atoms with van der Waals surface area (Å²) >= 11 is 1.48. The maximum absolute atomic E-state index is 13.7. The van der Waals surface area contributed by atoms with Crippen molar-refractivity contribution in [3.8, 4) is 5.69 Å². The van der Waals surface area contributed by atoms with Gasteiger partial charge in [-0.3, -0.25) is 4.79 Å². The molecule has 2 aromatic heterocycles. The molecule has 0 unspecified atom stereocenters. The van der Waals surface area contributed by atoms with Crippen molar-refractivity contribution in [2.24, 2.45) is 0 Å². The summed E-state index contributed by atoms with van der Waals surface area (Å²) in [5, 5.41) is 9.66. The van der Waals surface area contributed by atoms with Gasteiger partial charge in [-0.15, -0.1) is 10.2 Å². The van der Waals surface area contributed by atoms with Crippen LogP contribution in [0, 0.1) is 19.7 Å². The molecule has 0 radical (unpaired) electrons. The van der Waals surface area contributed by atoms with Crippen LogP contribution in [0.1, 0.15) is 65.2 Å². The number of benzene rings is 1. The number of hydrogen-bond donors (Lipinski definition) is 0. The van der Waals surface area contributed by atoms with Gasteiger partial charge in [-0.1, -0.05) is 17.8 Å². The van der Waals surface area contributed by atoms with E-state index in [1.54, 1.807) is 6.07 Å². The minimum atomic E-state index is -0.288. The Bertz CT molecular complexity index is 1090. The van der Waals surface area contributed by atoms with Gasteiger partial charge in [0.05, 0.1) is 5.75 Å². The second kappa shape index (κ2) is 7.13. The van der Waals surface area contributed by atoms with Crippen LogP contribution in [0.15, 0.2) is 35.5 Å². The molecule has 0 amide bonds. The summed E-state index contributed by atoms with van der Waals surface area (Å²) in [6.45, 7) is 3.85. The molecule has 150 valence electrons. The Labute approximate surface area is 173 Å². The molecule has 0 N–H and O–H groups in total. The smallest absolute Gasteiger partial charge is 0.191 e. The van der Waals surface area contributed by atoms with E-state index in [0.29, 0.717) is 23.3 Å². The van der Waals surface area contributed by atoms with Crippen molar-refractivity contribution in [3.05, 3.63) is 58.9 Å². The predicted octanol–water partition coefficient (Wildman–Crippen LogP) is 5.01. The lowest BCUT2D eigenvalue weighted by molar-refractivity contribution is 0.102. The topological polar surface area (TPSA) is 52.7 Å². The predicted molar refractivity (Wildman–Crippen MR) is 111 cm³/mol. The van der Waals surface area contributed by atoms with Gasteiger partial charge in [0.1, 0.15) is 11.6 Å². The van der Waals surface area contributed by atoms with Crippen LogP contribution < -0.4 is 0 Å². The maximum atomic E-state index is 13.7. The summed E-state index contributed by atoms with van der Waals surface area (Å²) in [6.07, 6.45) is 4.74. The van der Waals surface area contributed by atoms with Crippen LogP contribution in [0.5, 0.6) is 0 Å². The van der Waals surface area contributed by atoms with Crippen molar-refractivity contribution < 1.29 is 9.18 Å². The van der Waals surface area contributed by atoms with Gasteiger partial charge in [0.15, 0.2) is 10.9 Å². The lowest BCUT2D eigenvalue weighted by atomic mass is 10.2. The summed E-state index contributed by atoms with van der Waals surface area (Å²) in [5.74, 6) is 1.75. The zero-order valence-electron chi connectivity index (χ0n) is 16.6. The summed E-state index contributed by atoms with van der Waals surface area (Å²) in [4.78, 5) is 13.0. The molecule has 3 aromatic rings. The Morgan fingerprint density at radius 2 is 1.97 bits per heavy atom. The number of ketones is 1. The molecule has 0 aliphatic heterocycles. The molecule has 0 bridgehead atoms. The van der Waals surface area contributed by atoms with Gasteiger partial charge >= 0.3 is 0 Å². The number of aryl methyl sites for hydroxylation is 1. The summed E-state index contributed by atoms with van der Waals surface area (Å²) in [5.41, 5.74) is 3.16. The third-order valence-corrected chi connectivity index (χ3v) is 6.62. The van der Waals surface area contributed by atoms with Gasteiger partial charge in [-0.25, -0.2) is 4.39 Å². The first kappa shape index (κ1) is 18.6. The van der Waals surface area contributed by atoms with E-state index in [2.05, 4.69) is 14.8 Å². The molecule has 5 rings (SSSR count). The van der Waals surface area contributed by atoms with Crippen LogP contribution in [0.4, 0.5) is 4.39 Å². The lowest BCUT2D eigenvalue weighted by Gasteiger charge is -2.10. The van der Waals surface area contributed by atoms with Crippen LogP contribution in [0.2, 0.25) is 0 Å². The average molecular weight is 411 g/mol. The fourth-order valence-electron chi connectivity index (χ4n) is 3.95. The molecule has 2 saturated carbocycles. The van der Waals surface area contributed by atoms with E-state index >= 15 is 0 Å². The Morgan fingerprint density at radius 3 is 2.66 bits per heavy atom. The molecule has 5 nitrogen and oxygen atoms in total. The van der Waals surface area contributed by atoms with E-state index in [1.165, 1.54) is 49.6 Å². The Morgan fingerprint density at radius 1 is 1.17 bits per heavy atom. The van der Waals surface area contributed by atoms with Crippen LogP contribution in [0.25, 0.3) is 5.69 Å². The number of hydrogen-bond acceptors (Lipinski definition) is 4. The average Bonchev–Trinajstić information content (AvgIpc) is 3.62. The zero-order valence-corrected chi connectivity index (χ0v) is 17.4. The van der Waals surface area contributed by atoms with Crippen molar-refractivity contribution >= 4 is 17.5 Å². The third kappa shape index (κ3) is 3.52.